The molecule has 2 heterocycles. The number of halogens is 4. The van der Waals surface area contributed by atoms with Gasteiger partial charge in [0.05, 0.1) is 34.1 Å². The van der Waals surface area contributed by atoms with Crippen molar-refractivity contribution in [1.82, 2.24) is 9.55 Å². The number of fused-ring (bicyclic) bond motifs is 1. The fourth-order valence-electron chi connectivity index (χ4n) is 4.55. The lowest BCUT2D eigenvalue weighted by Gasteiger charge is -2.22. The molecule has 0 radical (unpaired) electrons. The molecule has 2 aromatic heterocycles. The molecule has 43 heavy (non-hydrogen) atoms. The van der Waals surface area contributed by atoms with E-state index in [1.807, 2.05) is 0 Å². The topological polar surface area (TPSA) is 109 Å². The Morgan fingerprint density at radius 3 is 2.53 bits per heavy atom. The zero-order valence-corrected chi connectivity index (χ0v) is 25.1. The van der Waals surface area contributed by atoms with Crippen LogP contribution in [0.15, 0.2) is 61.1 Å². The maximum Gasteiger partial charge on any atom is 0.387 e. The third kappa shape index (κ3) is 8.07. The predicted octanol–water partition coefficient (Wildman–Crippen LogP) is 6.63. The second-order valence-corrected chi connectivity index (χ2v) is 12.7. The first-order valence-electron chi connectivity index (χ1n) is 13.2. The van der Waals surface area contributed by atoms with Crippen LogP contribution >= 0.6 is 23.2 Å². The molecule has 4 aromatic rings. The quantitative estimate of drug-likeness (QED) is 0.161. The van der Waals surface area contributed by atoms with Gasteiger partial charge in [-0.3, -0.25) is 14.5 Å². The van der Waals surface area contributed by atoms with Crippen LogP contribution in [-0.4, -0.2) is 43.4 Å². The van der Waals surface area contributed by atoms with Gasteiger partial charge in [0.2, 0.25) is 10.0 Å². The smallest absolute Gasteiger partial charge is 0.387 e. The summed E-state index contributed by atoms with van der Waals surface area (Å²) >= 11 is 12.8. The van der Waals surface area contributed by atoms with Crippen molar-refractivity contribution in [3.63, 3.8) is 0 Å². The normalized spacial score (nSPS) is 14.1. The molecular weight excluding hydrogens is 627 g/mol. The Labute approximate surface area is 256 Å². The van der Waals surface area contributed by atoms with Crippen LogP contribution in [0.25, 0.3) is 10.9 Å². The number of nitrogens with one attached hydrogen (secondary N) is 1. The molecular formula is C29H27Cl2F2N3O6S. The number of esters is 1. The summed E-state index contributed by atoms with van der Waals surface area (Å²) in [5.41, 5.74) is 1.90. The van der Waals surface area contributed by atoms with E-state index >= 15 is 0 Å². The average molecular weight is 655 g/mol. The summed E-state index contributed by atoms with van der Waals surface area (Å²) in [6.45, 7) is -2.92. The molecule has 1 fully saturated rings. The highest BCUT2D eigenvalue weighted by atomic mass is 35.5. The van der Waals surface area contributed by atoms with Gasteiger partial charge in [-0.2, -0.15) is 8.78 Å². The third-order valence-electron chi connectivity index (χ3n) is 6.75. The molecule has 9 nitrogen and oxygen atoms in total. The number of hydrogen-bond donors (Lipinski definition) is 1. The molecule has 1 aliphatic carbocycles. The minimum Gasteiger partial charge on any atom is -0.489 e. The molecule has 0 amide bonds. The summed E-state index contributed by atoms with van der Waals surface area (Å²) in [6, 6.07) is 11.1. The van der Waals surface area contributed by atoms with E-state index in [-0.39, 0.29) is 34.5 Å². The summed E-state index contributed by atoms with van der Waals surface area (Å²) in [5.74, 6) is -0.323. The van der Waals surface area contributed by atoms with Gasteiger partial charge in [0.15, 0.2) is 11.5 Å². The lowest BCUT2D eigenvalue weighted by Crippen LogP contribution is -2.19. The SMILES string of the molecule is CS(=O)(=O)Nc1cccc2c1ccn2CC(=O)OC(Cc1c(Cl)cncc1Cl)c1ccc(OC(F)F)c(OCC2CC2)c1. The number of carbonyl (C=O) groups excluding carboxylic acids is 1. The number of hydrogen-bond acceptors (Lipinski definition) is 7. The van der Waals surface area contributed by atoms with Gasteiger partial charge in [0.25, 0.3) is 0 Å². The van der Waals surface area contributed by atoms with Crippen molar-refractivity contribution >= 4 is 55.8 Å². The lowest BCUT2D eigenvalue weighted by atomic mass is 10.0. The molecule has 1 N–H and O–H groups in total. The number of carbonyl (C=O) groups is 1. The first kappa shape index (κ1) is 30.8. The highest BCUT2D eigenvalue weighted by Crippen LogP contribution is 2.38. The van der Waals surface area contributed by atoms with E-state index in [4.69, 9.17) is 32.7 Å². The van der Waals surface area contributed by atoms with E-state index in [1.54, 1.807) is 35.0 Å². The number of sulfonamides is 1. The number of aromatic nitrogens is 2. The molecule has 228 valence electrons. The number of pyridine rings is 1. The van der Waals surface area contributed by atoms with Crippen LogP contribution in [0.5, 0.6) is 11.5 Å². The first-order valence-corrected chi connectivity index (χ1v) is 15.9. The van der Waals surface area contributed by atoms with Crippen molar-refractivity contribution in [2.24, 2.45) is 5.92 Å². The number of alkyl halides is 2. The van der Waals surface area contributed by atoms with Crippen LogP contribution in [0.3, 0.4) is 0 Å². The van der Waals surface area contributed by atoms with Crippen LogP contribution in [-0.2, 0) is 32.5 Å². The Morgan fingerprint density at radius 2 is 1.86 bits per heavy atom. The highest BCUT2D eigenvalue weighted by Gasteiger charge is 2.26. The number of rotatable bonds is 13. The van der Waals surface area contributed by atoms with Gasteiger partial charge in [-0.05, 0) is 60.2 Å². The molecule has 1 aliphatic rings. The minimum atomic E-state index is -3.52. The van der Waals surface area contributed by atoms with E-state index in [9.17, 15) is 22.0 Å². The highest BCUT2D eigenvalue weighted by molar-refractivity contribution is 7.92. The van der Waals surface area contributed by atoms with Crippen LogP contribution < -0.4 is 14.2 Å². The maximum atomic E-state index is 13.3. The molecule has 1 atom stereocenters. The standard InChI is InChI=1S/C29H27Cl2F2N3O6S/c1-43(38,39)35-23-3-2-4-24-19(23)9-10-36(24)15-28(37)41-26(12-20-21(30)13-34-14-22(20)31)18-7-8-25(42-29(32)33)27(11-18)40-16-17-5-6-17/h2-4,7-11,13-14,17,26,29,35H,5-6,12,15-16H2,1H3. The molecule has 0 bridgehead atoms. The second-order valence-electron chi connectivity index (χ2n) is 10.2. The Kier molecular flexibility index (Phi) is 9.28. The van der Waals surface area contributed by atoms with Gasteiger partial charge in [-0.15, -0.1) is 0 Å². The second kappa shape index (κ2) is 12.9. The van der Waals surface area contributed by atoms with Crippen molar-refractivity contribution in [1.29, 1.82) is 0 Å². The van der Waals surface area contributed by atoms with E-state index in [0.717, 1.165) is 19.1 Å². The summed E-state index contributed by atoms with van der Waals surface area (Å²) in [4.78, 5) is 17.3. The van der Waals surface area contributed by atoms with Crippen LogP contribution in [0.1, 0.15) is 30.1 Å². The molecule has 14 heteroatoms. The number of nitrogens with zero attached hydrogens (tertiary/aromatic N) is 2. The number of benzene rings is 2. The Hall–Kier alpha value is -3.61. The Bertz CT molecular complexity index is 1730. The van der Waals surface area contributed by atoms with Crippen LogP contribution in [0.4, 0.5) is 14.5 Å². The number of anilines is 1. The molecule has 1 saturated carbocycles. The van der Waals surface area contributed by atoms with Gasteiger partial charge >= 0.3 is 12.6 Å². The van der Waals surface area contributed by atoms with E-state index in [0.29, 0.717) is 40.2 Å². The van der Waals surface area contributed by atoms with Gasteiger partial charge in [0.1, 0.15) is 12.6 Å². The minimum absolute atomic E-state index is 0.0535. The monoisotopic (exact) mass is 653 g/mol. The molecule has 0 aliphatic heterocycles. The van der Waals surface area contributed by atoms with E-state index < -0.39 is 28.7 Å². The molecule has 2 aromatic carbocycles. The molecule has 0 spiro atoms. The summed E-state index contributed by atoms with van der Waals surface area (Å²) in [6.07, 6.45) is 6.62. The zero-order valence-electron chi connectivity index (χ0n) is 22.8. The van der Waals surface area contributed by atoms with Crippen molar-refractivity contribution in [3.05, 3.63) is 82.2 Å². The fourth-order valence-corrected chi connectivity index (χ4v) is 5.65. The molecule has 0 saturated heterocycles. The lowest BCUT2D eigenvalue weighted by molar-refractivity contribution is -0.150. The van der Waals surface area contributed by atoms with Crippen molar-refractivity contribution in [2.75, 3.05) is 17.6 Å². The van der Waals surface area contributed by atoms with E-state index in [1.165, 1.54) is 30.6 Å². The average Bonchev–Trinajstić information content (AvgIpc) is 3.67. The summed E-state index contributed by atoms with van der Waals surface area (Å²) < 4.78 is 70.3. The van der Waals surface area contributed by atoms with E-state index in [2.05, 4.69) is 14.4 Å². The molecule has 1 unspecified atom stereocenters. The van der Waals surface area contributed by atoms with Crippen LogP contribution in [0.2, 0.25) is 10.0 Å². The van der Waals surface area contributed by atoms with Crippen molar-refractivity contribution < 1.29 is 36.2 Å². The zero-order chi connectivity index (χ0) is 30.7. The van der Waals surface area contributed by atoms with Gasteiger partial charge in [-0.1, -0.05) is 35.3 Å². The van der Waals surface area contributed by atoms with Crippen molar-refractivity contribution in [3.8, 4) is 11.5 Å². The van der Waals surface area contributed by atoms with Gasteiger partial charge in [0, 0.05) is 30.4 Å². The van der Waals surface area contributed by atoms with Crippen LogP contribution in [0, 0.1) is 5.92 Å². The molecule has 5 rings (SSSR count). The predicted molar refractivity (Wildman–Crippen MR) is 158 cm³/mol. The van der Waals surface area contributed by atoms with Gasteiger partial charge in [-0.25, -0.2) is 8.42 Å². The largest absolute Gasteiger partial charge is 0.489 e. The maximum absolute atomic E-state index is 13.3. The summed E-state index contributed by atoms with van der Waals surface area (Å²) in [7, 11) is -3.52. The first-order chi connectivity index (χ1) is 20.5. The fraction of sp³-hybridized carbons (Fsp3) is 0.310. The third-order valence-corrected chi connectivity index (χ3v) is 7.99. The van der Waals surface area contributed by atoms with Gasteiger partial charge < -0.3 is 18.8 Å². The Balaban J connectivity index is 1.44. The van der Waals surface area contributed by atoms with Crippen molar-refractivity contribution in [2.45, 2.75) is 38.5 Å². The Morgan fingerprint density at radius 1 is 1.12 bits per heavy atom. The summed E-state index contributed by atoms with van der Waals surface area (Å²) in [5, 5.41) is 1.12. The number of ether oxygens (including phenoxy) is 3.